The molecular weight excluding hydrogens is 362 g/mol. The molecule has 0 aliphatic carbocycles. The van der Waals surface area contributed by atoms with E-state index in [2.05, 4.69) is 15.2 Å². The lowest BCUT2D eigenvalue weighted by Gasteiger charge is -2.15. The summed E-state index contributed by atoms with van der Waals surface area (Å²) in [5, 5.41) is 27.6. The van der Waals surface area contributed by atoms with Crippen molar-refractivity contribution in [2.24, 2.45) is 0 Å². The molecule has 8 nitrogen and oxygen atoms in total. The van der Waals surface area contributed by atoms with Crippen molar-refractivity contribution in [2.45, 2.75) is 13.2 Å². The zero-order chi connectivity index (χ0) is 20.1. The van der Waals surface area contributed by atoms with Gasteiger partial charge >= 0.3 is 0 Å². The van der Waals surface area contributed by atoms with Crippen LogP contribution in [-0.4, -0.2) is 46.7 Å². The summed E-state index contributed by atoms with van der Waals surface area (Å²) in [6.45, 7) is -0.466. The average molecular weight is 383 g/mol. The summed E-state index contributed by atoms with van der Waals surface area (Å²) >= 11 is 0. The highest BCUT2D eigenvalue weighted by atomic mass is 16.5. The maximum atomic E-state index is 9.65. The predicted molar refractivity (Wildman–Crippen MR) is 102 cm³/mol. The van der Waals surface area contributed by atoms with Crippen LogP contribution in [0.15, 0.2) is 36.5 Å². The molecule has 0 spiro atoms. The fraction of sp³-hybridized carbons (Fsp3) is 0.250. The van der Waals surface area contributed by atoms with Crippen LogP contribution in [0, 0.1) is 0 Å². The molecule has 0 saturated heterocycles. The molecule has 1 heterocycles. The average Bonchev–Trinajstić information content (AvgIpc) is 2.77. The fourth-order valence-corrected chi connectivity index (χ4v) is 2.93. The zero-order valence-electron chi connectivity index (χ0n) is 15.8. The standard InChI is InChI=1S/C20H21N3O5/c1-26-17-7-5-12(8-18(17)27-2)20-21-9-16(22-23-20)14-6-4-13(10-24)15(11-25)19(14)28-3/h4-9,24-25H,10-11H2,1-3H3. The van der Waals surface area contributed by atoms with Crippen LogP contribution in [0.4, 0.5) is 0 Å². The van der Waals surface area contributed by atoms with Crippen LogP contribution in [0.3, 0.4) is 0 Å². The lowest BCUT2D eigenvalue weighted by atomic mass is 10.0. The van der Waals surface area contributed by atoms with Crippen LogP contribution in [0.25, 0.3) is 22.6 Å². The van der Waals surface area contributed by atoms with Crippen molar-refractivity contribution < 1.29 is 24.4 Å². The second-order valence-electron chi connectivity index (χ2n) is 5.84. The Balaban J connectivity index is 2.00. The van der Waals surface area contributed by atoms with Crippen LogP contribution < -0.4 is 14.2 Å². The summed E-state index contributed by atoms with van der Waals surface area (Å²) in [7, 11) is 4.63. The van der Waals surface area contributed by atoms with Gasteiger partial charge in [0.2, 0.25) is 0 Å². The van der Waals surface area contributed by atoms with E-state index >= 15 is 0 Å². The van der Waals surface area contributed by atoms with Gasteiger partial charge in [0.1, 0.15) is 11.4 Å². The van der Waals surface area contributed by atoms with E-state index in [9.17, 15) is 10.2 Å². The Morgan fingerprint density at radius 3 is 2.21 bits per heavy atom. The lowest BCUT2D eigenvalue weighted by molar-refractivity contribution is 0.254. The van der Waals surface area contributed by atoms with Crippen molar-refractivity contribution in [1.29, 1.82) is 0 Å². The third-order valence-corrected chi connectivity index (χ3v) is 4.37. The molecule has 3 aromatic rings. The third-order valence-electron chi connectivity index (χ3n) is 4.37. The van der Waals surface area contributed by atoms with Gasteiger partial charge in [-0.25, -0.2) is 4.98 Å². The number of aliphatic hydroxyl groups is 2. The SMILES string of the molecule is COc1ccc(-c2ncc(-c3ccc(CO)c(CO)c3OC)nn2)cc1OC. The minimum Gasteiger partial charge on any atom is -0.496 e. The van der Waals surface area contributed by atoms with Crippen LogP contribution in [-0.2, 0) is 13.2 Å². The van der Waals surface area contributed by atoms with Crippen LogP contribution in [0.1, 0.15) is 11.1 Å². The molecule has 0 radical (unpaired) electrons. The van der Waals surface area contributed by atoms with Gasteiger partial charge in [-0.1, -0.05) is 6.07 Å². The minimum absolute atomic E-state index is 0.200. The lowest BCUT2D eigenvalue weighted by Crippen LogP contribution is -2.02. The smallest absolute Gasteiger partial charge is 0.181 e. The molecule has 0 fully saturated rings. The highest BCUT2D eigenvalue weighted by Gasteiger charge is 2.17. The molecule has 0 saturated carbocycles. The number of benzene rings is 2. The second kappa shape index (κ2) is 8.64. The summed E-state index contributed by atoms with van der Waals surface area (Å²) in [6, 6.07) is 8.84. The van der Waals surface area contributed by atoms with E-state index in [1.54, 1.807) is 44.7 Å². The number of aliphatic hydroxyl groups excluding tert-OH is 2. The van der Waals surface area contributed by atoms with E-state index in [1.165, 1.54) is 7.11 Å². The monoisotopic (exact) mass is 383 g/mol. The number of methoxy groups -OCH3 is 3. The molecule has 28 heavy (non-hydrogen) atoms. The Labute approximate surface area is 162 Å². The number of ether oxygens (including phenoxy) is 3. The van der Waals surface area contributed by atoms with E-state index in [0.717, 1.165) is 5.56 Å². The van der Waals surface area contributed by atoms with Crippen molar-refractivity contribution in [3.8, 4) is 39.9 Å². The molecule has 2 aromatic carbocycles. The molecule has 0 atom stereocenters. The summed E-state index contributed by atoms with van der Waals surface area (Å²) in [5.41, 5.74) is 2.94. The summed E-state index contributed by atoms with van der Waals surface area (Å²) < 4.78 is 16.0. The molecule has 2 N–H and O–H groups in total. The number of hydrogen-bond acceptors (Lipinski definition) is 8. The van der Waals surface area contributed by atoms with E-state index in [-0.39, 0.29) is 13.2 Å². The number of rotatable bonds is 7. The van der Waals surface area contributed by atoms with Crippen LogP contribution in [0.5, 0.6) is 17.2 Å². The van der Waals surface area contributed by atoms with Gasteiger partial charge in [0, 0.05) is 16.7 Å². The Bertz CT molecular complexity index is 961. The normalized spacial score (nSPS) is 10.6. The van der Waals surface area contributed by atoms with Gasteiger partial charge in [-0.2, -0.15) is 0 Å². The Kier molecular flexibility index (Phi) is 6.03. The summed E-state index contributed by atoms with van der Waals surface area (Å²) in [6.07, 6.45) is 1.58. The van der Waals surface area contributed by atoms with E-state index in [1.807, 2.05) is 6.07 Å². The van der Waals surface area contributed by atoms with Crippen molar-refractivity contribution in [2.75, 3.05) is 21.3 Å². The maximum Gasteiger partial charge on any atom is 0.181 e. The van der Waals surface area contributed by atoms with Gasteiger partial charge in [0.25, 0.3) is 0 Å². The van der Waals surface area contributed by atoms with Gasteiger partial charge in [0.05, 0.1) is 40.7 Å². The van der Waals surface area contributed by atoms with Gasteiger partial charge in [0.15, 0.2) is 17.3 Å². The first kappa shape index (κ1) is 19.5. The third kappa shape index (κ3) is 3.60. The molecular formula is C20H21N3O5. The Morgan fingerprint density at radius 2 is 1.64 bits per heavy atom. The van der Waals surface area contributed by atoms with Crippen molar-refractivity contribution in [1.82, 2.24) is 15.2 Å². The van der Waals surface area contributed by atoms with Crippen molar-refractivity contribution in [3.63, 3.8) is 0 Å². The zero-order valence-corrected chi connectivity index (χ0v) is 15.8. The first-order valence-corrected chi connectivity index (χ1v) is 8.49. The van der Waals surface area contributed by atoms with E-state index in [0.29, 0.717) is 45.5 Å². The highest BCUT2D eigenvalue weighted by molar-refractivity contribution is 5.70. The molecule has 0 amide bonds. The number of hydrogen-bond donors (Lipinski definition) is 2. The number of aromatic nitrogens is 3. The van der Waals surface area contributed by atoms with Crippen molar-refractivity contribution in [3.05, 3.63) is 47.7 Å². The van der Waals surface area contributed by atoms with E-state index < -0.39 is 0 Å². The largest absolute Gasteiger partial charge is 0.496 e. The Morgan fingerprint density at radius 1 is 0.857 bits per heavy atom. The van der Waals surface area contributed by atoms with Crippen molar-refractivity contribution >= 4 is 0 Å². The first-order chi connectivity index (χ1) is 13.7. The minimum atomic E-state index is -0.266. The Hall–Kier alpha value is -3.23. The second-order valence-corrected chi connectivity index (χ2v) is 5.84. The van der Waals surface area contributed by atoms with Crippen LogP contribution >= 0.6 is 0 Å². The predicted octanol–water partition coefficient (Wildman–Crippen LogP) is 2.22. The van der Waals surface area contributed by atoms with Gasteiger partial charge in [-0.3, -0.25) is 0 Å². The highest BCUT2D eigenvalue weighted by Crippen LogP contribution is 2.35. The quantitative estimate of drug-likeness (QED) is 0.640. The molecule has 0 bridgehead atoms. The van der Waals surface area contributed by atoms with E-state index in [4.69, 9.17) is 14.2 Å². The summed E-state index contributed by atoms with van der Waals surface area (Å²) in [5.74, 6) is 2.05. The molecule has 1 aromatic heterocycles. The summed E-state index contributed by atoms with van der Waals surface area (Å²) in [4.78, 5) is 4.39. The molecule has 8 heteroatoms. The molecule has 3 rings (SSSR count). The van der Waals surface area contributed by atoms with Gasteiger partial charge in [-0.15, -0.1) is 10.2 Å². The fourth-order valence-electron chi connectivity index (χ4n) is 2.93. The van der Waals surface area contributed by atoms with Crippen LogP contribution in [0.2, 0.25) is 0 Å². The first-order valence-electron chi connectivity index (χ1n) is 8.49. The molecule has 146 valence electrons. The van der Waals surface area contributed by atoms with Gasteiger partial charge < -0.3 is 24.4 Å². The maximum absolute atomic E-state index is 9.65. The van der Waals surface area contributed by atoms with Gasteiger partial charge in [-0.05, 0) is 29.8 Å². The molecule has 0 aliphatic heterocycles. The number of nitrogens with zero attached hydrogens (tertiary/aromatic N) is 3. The molecule has 0 aliphatic rings. The molecule has 0 unspecified atom stereocenters. The topological polar surface area (TPSA) is 107 Å².